The molecule has 1 fully saturated rings. The van der Waals surface area contributed by atoms with Crippen molar-refractivity contribution in [2.24, 2.45) is 5.41 Å². The SMILES string of the molecule is O=C(NCC1(CCCl)CC1)c1ccc(C(F)(F)F)cc1. The highest BCUT2D eigenvalue weighted by Crippen LogP contribution is 2.48. The van der Waals surface area contributed by atoms with Gasteiger partial charge in [0.1, 0.15) is 0 Å². The molecule has 1 aromatic rings. The van der Waals surface area contributed by atoms with Crippen LogP contribution in [0.2, 0.25) is 0 Å². The Hall–Kier alpha value is -1.23. The minimum atomic E-state index is -4.38. The zero-order valence-electron chi connectivity index (χ0n) is 10.8. The summed E-state index contributed by atoms with van der Waals surface area (Å²) in [5.74, 6) is 0.204. The van der Waals surface area contributed by atoms with Gasteiger partial charge in [-0.15, -0.1) is 11.6 Å². The van der Waals surface area contributed by atoms with E-state index >= 15 is 0 Å². The fourth-order valence-electron chi connectivity index (χ4n) is 2.07. The fraction of sp³-hybridized carbons (Fsp3) is 0.500. The molecular formula is C14H15ClF3NO. The minimum Gasteiger partial charge on any atom is -0.351 e. The number of amides is 1. The van der Waals surface area contributed by atoms with E-state index in [1.807, 2.05) is 0 Å². The number of benzene rings is 1. The lowest BCUT2D eigenvalue weighted by Crippen LogP contribution is -2.30. The molecule has 0 bridgehead atoms. The molecule has 0 heterocycles. The summed E-state index contributed by atoms with van der Waals surface area (Å²) in [5.41, 5.74) is -0.418. The average molecular weight is 306 g/mol. The first kappa shape index (κ1) is 15.2. The normalized spacial score (nSPS) is 16.8. The van der Waals surface area contributed by atoms with E-state index in [-0.39, 0.29) is 16.9 Å². The molecule has 0 unspecified atom stereocenters. The van der Waals surface area contributed by atoms with Crippen molar-refractivity contribution in [3.63, 3.8) is 0 Å². The van der Waals surface area contributed by atoms with Gasteiger partial charge in [0.15, 0.2) is 0 Å². The molecule has 1 N–H and O–H groups in total. The third kappa shape index (κ3) is 3.66. The molecule has 0 atom stereocenters. The van der Waals surface area contributed by atoms with Crippen LogP contribution in [0.15, 0.2) is 24.3 Å². The van der Waals surface area contributed by atoms with Crippen LogP contribution in [0, 0.1) is 5.41 Å². The summed E-state index contributed by atoms with van der Waals surface area (Å²) in [5, 5.41) is 2.77. The number of carbonyl (C=O) groups is 1. The summed E-state index contributed by atoms with van der Waals surface area (Å²) >= 11 is 5.70. The molecule has 1 saturated carbocycles. The van der Waals surface area contributed by atoms with Crippen LogP contribution in [0.4, 0.5) is 13.2 Å². The molecule has 0 radical (unpaired) electrons. The predicted molar refractivity (Wildman–Crippen MR) is 70.8 cm³/mol. The zero-order chi connectivity index (χ0) is 14.8. The van der Waals surface area contributed by atoms with Gasteiger partial charge in [-0.05, 0) is 48.9 Å². The Morgan fingerprint density at radius 1 is 1.25 bits per heavy atom. The Labute approximate surface area is 120 Å². The Bertz CT molecular complexity index is 480. The third-order valence-corrected chi connectivity index (χ3v) is 3.87. The van der Waals surface area contributed by atoms with Crippen molar-refractivity contribution in [2.75, 3.05) is 12.4 Å². The van der Waals surface area contributed by atoms with Crippen molar-refractivity contribution in [2.45, 2.75) is 25.4 Å². The zero-order valence-corrected chi connectivity index (χ0v) is 11.5. The second-order valence-electron chi connectivity index (χ2n) is 5.20. The van der Waals surface area contributed by atoms with Gasteiger partial charge >= 0.3 is 6.18 Å². The molecule has 2 nitrogen and oxygen atoms in total. The smallest absolute Gasteiger partial charge is 0.351 e. The van der Waals surface area contributed by atoms with Gasteiger partial charge in [-0.2, -0.15) is 13.2 Å². The van der Waals surface area contributed by atoms with Crippen molar-refractivity contribution in [1.29, 1.82) is 0 Å². The summed E-state index contributed by atoms with van der Waals surface area (Å²) in [6, 6.07) is 4.22. The van der Waals surface area contributed by atoms with Crippen LogP contribution < -0.4 is 5.32 Å². The molecule has 0 aromatic heterocycles. The van der Waals surface area contributed by atoms with Crippen LogP contribution in [0.5, 0.6) is 0 Å². The molecule has 2 rings (SSSR count). The number of carbonyl (C=O) groups excluding carboxylic acids is 1. The van der Waals surface area contributed by atoms with Gasteiger partial charge in [0.05, 0.1) is 5.56 Å². The highest BCUT2D eigenvalue weighted by molar-refractivity contribution is 6.17. The van der Waals surface area contributed by atoms with Gasteiger partial charge < -0.3 is 5.32 Å². The largest absolute Gasteiger partial charge is 0.416 e. The molecule has 1 aliphatic rings. The number of hydrogen-bond acceptors (Lipinski definition) is 1. The molecule has 1 aromatic carbocycles. The van der Waals surface area contributed by atoms with E-state index in [1.165, 1.54) is 12.1 Å². The van der Waals surface area contributed by atoms with Gasteiger partial charge in [0.2, 0.25) is 0 Å². The maximum atomic E-state index is 12.4. The van der Waals surface area contributed by atoms with Crippen LogP contribution in [0.25, 0.3) is 0 Å². The van der Waals surface area contributed by atoms with Crippen molar-refractivity contribution in [1.82, 2.24) is 5.32 Å². The summed E-state index contributed by atoms with van der Waals surface area (Å²) < 4.78 is 37.2. The molecule has 0 spiro atoms. The van der Waals surface area contributed by atoms with Gasteiger partial charge in [-0.3, -0.25) is 4.79 Å². The van der Waals surface area contributed by atoms with Gasteiger partial charge in [-0.25, -0.2) is 0 Å². The quantitative estimate of drug-likeness (QED) is 0.823. The molecule has 1 aliphatic carbocycles. The topological polar surface area (TPSA) is 29.1 Å². The van der Waals surface area contributed by atoms with E-state index in [9.17, 15) is 18.0 Å². The second-order valence-corrected chi connectivity index (χ2v) is 5.57. The van der Waals surface area contributed by atoms with E-state index in [1.54, 1.807) is 0 Å². The lowest BCUT2D eigenvalue weighted by Gasteiger charge is -2.14. The molecule has 1 amide bonds. The van der Waals surface area contributed by atoms with Gasteiger partial charge in [0, 0.05) is 18.0 Å². The Kier molecular flexibility index (Phi) is 4.28. The van der Waals surface area contributed by atoms with Crippen LogP contribution in [0.1, 0.15) is 35.2 Å². The maximum absolute atomic E-state index is 12.4. The third-order valence-electron chi connectivity index (χ3n) is 3.68. The molecule has 0 saturated heterocycles. The summed E-state index contributed by atoms with van der Waals surface area (Å²) in [6.07, 6.45) is -1.46. The Morgan fingerprint density at radius 2 is 1.85 bits per heavy atom. The van der Waals surface area contributed by atoms with E-state index < -0.39 is 11.7 Å². The first-order valence-electron chi connectivity index (χ1n) is 6.38. The fourth-order valence-corrected chi connectivity index (χ4v) is 2.47. The van der Waals surface area contributed by atoms with Crippen LogP contribution in [0.3, 0.4) is 0 Å². The maximum Gasteiger partial charge on any atom is 0.416 e. The Balaban J connectivity index is 1.93. The second kappa shape index (κ2) is 5.64. The van der Waals surface area contributed by atoms with Crippen molar-refractivity contribution in [3.05, 3.63) is 35.4 Å². The molecule has 6 heteroatoms. The number of halogens is 4. The van der Waals surface area contributed by atoms with Crippen molar-refractivity contribution in [3.8, 4) is 0 Å². The molecular weight excluding hydrogens is 291 g/mol. The lowest BCUT2D eigenvalue weighted by molar-refractivity contribution is -0.137. The van der Waals surface area contributed by atoms with E-state index in [0.717, 1.165) is 31.4 Å². The number of nitrogens with one attached hydrogen (secondary N) is 1. The predicted octanol–water partition coefficient (Wildman–Crippen LogP) is 3.84. The van der Waals surface area contributed by atoms with Crippen LogP contribution >= 0.6 is 11.6 Å². The Morgan fingerprint density at radius 3 is 2.30 bits per heavy atom. The lowest BCUT2D eigenvalue weighted by atomic mass is 10.0. The van der Waals surface area contributed by atoms with Gasteiger partial charge in [-0.1, -0.05) is 0 Å². The summed E-state index contributed by atoms with van der Waals surface area (Å²) in [6.45, 7) is 0.527. The summed E-state index contributed by atoms with van der Waals surface area (Å²) in [7, 11) is 0. The van der Waals surface area contributed by atoms with Crippen molar-refractivity contribution >= 4 is 17.5 Å². The standard InChI is InChI=1S/C14H15ClF3NO/c15-8-7-13(5-6-13)9-19-12(20)10-1-3-11(4-2-10)14(16,17)18/h1-4H,5-9H2,(H,19,20). The highest BCUT2D eigenvalue weighted by Gasteiger charge is 2.41. The number of alkyl halides is 4. The first-order chi connectivity index (χ1) is 9.36. The average Bonchev–Trinajstić information content (AvgIpc) is 3.16. The van der Waals surface area contributed by atoms with E-state index in [4.69, 9.17) is 11.6 Å². The van der Waals surface area contributed by atoms with Crippen molar-refractivity contribution < 1.29 is 18.0 Å². The summed E-state index contributed by atoms with van der Waals surface area (Å²) in [4.78, 5) is 11.9. The highest BCUT2D eigenvalue weighted by atomic mass is 35.5. The minimum absolute atomic E-state index is 0.101. The van der Waals surface area contributed by atoms with Crippen LogP contribution in [-0.2, 0) is 6.18 Å². The monoisotopic (exact) mass is 305 g/mol. The number of hydrogen-bond donors (Lipinski definition) is 1. The molecule has 20 heavy (non-hydrogen) atoms. The molecule has 0 aliphatic heterocycles. The molecule has 110 valence electrons. The first-order valence-corrected chi connectivity index (χ1v) is 6.91. The van der Waals surface area contributed by atoms with E-state index in [0.29, 0.717) is 12.4 Å². The number of rotatable bonds is 5. The van der Waals surface area contributed by atoms with Crippen LogP contribution in [-0.4, -0.2) is 18.3 Å². The van der Waals surface area contributed by atoms with Gasteiger partial charge in [0.25, 0.3) is 5.91 Å². The van der Waals surface area contributed by atoms with E-state index in [2.05, 4.69) is 5.32 Å².